The fourth-order valence-electron chi connectivity index (χ4n) is 2.38. The van der Waals surface area contributed by atoms with Crippen molar-refractivity contribution in [3.05, 3.63) is 47.0 Å². The van der Waals surface area contributed by atoms with E-state index < -0.39 is 8.07 Å². The lowest BCUT2D eigenvalue weighted by molar-refractivity contribution is 0.806. The Morgan fingerprint density at radius 3 is 2.14 bits per heavy atom. The van der Waals surface area contributed by atoms with Crippen LogP contribution in [0.1, 0.15) is 45.1 Å². The van der Waals surface area contributed by atoms with Crippen LogP contribution < -0.4 is 0 Å². The van der Waals surface area contributed by atoms with Gasteiger partial charge in [0, 0.05) is 5.57 Å². The second kappa shape index (κ2) is 8.90. The van der Waals surface area contributed by atoms with Gasteiger partial charge < -0.3 is 0 Å². The van der Waals surface area contributed by atoms with E-state index in [1.807, 2.05) is 0 Å². The molecule has 0 aliphatic carbocycles. The van der Waals surface area contributed by atoms with Crippen molar-refractivity contribution in [2.24, 2.45) is 0 Å². The van der Waals surface area contributed by atoms with Crippen molar-refractivity contribution in [2.45, 2.75) is 65.6 Å². The number of hydrogen-bond acceptors (Lipinski definition) is 0. The lowest BCUT2D eigenvalue weighted by atomic mass is 9.97. The summed E-state index contributed by atoms with van der Waals surface area (Å²) in [5.74, 6) is 3.54. The highest BCUT2D eigenvalue weighted by molar-refractivity contribution is 6.83. The molecular weight excluding hydrogens is 268 g/mol. The van der Waals surface area contributed by atoms with Gasteiger partial charge >= 0.3 is 0 Å². The van der Waals surface area contributed by atoms with Crippen molar-refractivity contribution < 1.29 is 0 Å². The summed E-state index contributed by atoms with van der Waals surface area (Å²) in [5, 5.41) is 0. The Morgan fingerprint density at radius 1 is 1.00 bits per heavy atom. The molecule has 0 N–H and O–H groups in total. The highest BCUT2D eigenvalue weighted by Crippen LogP contribution is 2.19. The van der Waals surface area contributed by atoms with Crippen molar-refractivity contribution in [2.75, 3.05) is 0 Å². The van der Waals surface area contributed by atoms with Crippen molar-refractivity contribution in [1.82, 2.24) is 0 Å². The van der Waals surface area contributed by atoms with Crippen LogP contribution in [0.2, 0.25) is 19.6 Å². The summed E-state index contributed by atoms with van der Waals surface area (Å²) in [6, 6.07) is 10.8. The van der Waals surface area contributed by atoms with E-state index in [0.29, 0.717) is 0 Å². The minimum absolute atomic E-state index is 1.13. The molecule has 0 amide bonds. The van der Waals surface area contributed by atoms with Crippen LogP contribution >= 0.6 is 0 Å². The van der Waals surface area contributed by atoms with Crippen LogP contribution in [0, 0.1) is 11.5 Å². The molecule has 1 aromatic rings. The molecule has 0 fully saturated rings. The molecule has 0 unspecified atom stereocenters. The lowest BCUT2D eigenvalue weighted by Crippen LogP contribution is -2.16. The van der Waals surface area contributed by atoms with Gasteiger partial charge in [-0.1, -0.05) is 75.3 Å². The minimum atomic E-state index is -1.29. The van der Waals surface area contributed by atoms with Crippen LogP contribution in [0.25, 0.3) is 0 Å². The molecule has 0 aliphatic rings. The highest BCUT2D eigenvalue weighted by atomic mass is 28.3. The van der Waals surface area contributed by atoms with Gasteiger partial charge in [-0.15, -0.1) is 5.54 Å². The van der Waals surface area contributed by atoms with E-state index in [1.54, 1.807) is 5.57 Å². The van der Waals surface area contributed by atoms with Crippen LogP contribution in [-0.2, 0) is 6.42 Å². The molecule has 0 aromatic heterocycles. The summed E-state index contributed by atoms with van der Waals surface area (Å²) in [7, 11) is -1.29. The molecule has 0 nitrogen and oxygen atoms in total. The quantitative estimate of drug-likeness (QED) is 0.446. The third-order valence-corrected chi connectivity index (χ3v) is 4.48. The molecule has 0 spiro atoms. The topological polar surface area (TPSA) is 0 Å². The number of benzene rings is 1. The SMILES string of the molecule is CCC(CC)=C(C#C[Si](C)(C)C)CCCc1ccccc1. The normalized spacial score (nSPS) is 10.7. The summed E-state index contributed by atoms with van der Waals surface area (Å²) >= 11 is 0. The van der Waals surface area contributed by atoms with Gasteiger partial charge in [0.2, 0.25) is 0 Å². The average molecular weight is 299 g/mol. The van der Waals surface area contributed by atoms with Crippen molar-refractivity contribution in [1.29, 1.82) is 0 Å². The lowest BCUT2D eigenvalue weighted by Gasteiger charge is -2.10. The molecule has 0 saturated carbocycles. The van der Waals surface area contributed by atoms with Gasteiger partial charge in [-0.3, -0.25) is 0 Å². The number of aryl methyl sites for hydroxylation is 1. The zero-order valence-electron chi connectivity index (χ0n) is 14.4. The van der Waals surface area contributed by atoms with Crippen LogP contribution in [0.3, 0.4) is 0 Å². The van der Waals surface area contributed by atoms with E-state index in [0.717, 1.165) is 25.7 Å². The standard InChI is InChI=1S/C20H30Si/c1-6-19(7-2)20(16-17-21(3,4)5)15-11-14-18-12-9-8-10-13-18/h8-10,12-13H,6-7,11,14-15H2,1-5H3. The molecule has 0 radical (unpaired) electrons. The molecule has 0 bridgehead atoms. The predicted molar refractivity (Wildman–Crippen MR) is 98.1 cm³/mol. The minimum Gasteiger partial charge on any atom is -0.127 e. The zero-order chi connectivity index (χ0) is 15.7. The first-order chi connectivity index (χ1) is 9.96. The Kier molecular flexibility index (Phi) is 7.54. The molecule has 1 aromatic carbocycles. The van der Waals surface area contributed by atoms with Gasteiger partial charge in [-0.25, -0.2) is 0 Å². The Bertz CT molecular complexity index is 500. The van der Waals surface area contributed by atoms with Gasteiger partial charge in [0.15, 0.2) is 0 Å². The molecule has 0 aliphatic heterocycles. The van der Waals surface area contributed by atoms with Crippen LogP contribution in [-0.4, -0.2) is 8.07 Å². The van der Waals surface area contributed by atoms with Gasteiger partial charge in [0.05, 0.1) is 0 Å². The van der Waals surface area contributed by atoms with Crippen LogP contribution in [0.5, 0.6) is 0 Å². The maximum atomic E-state index is 3.55. The Labute approximate surface area is 132 Å². The monoisotopic (exact) mass is 298 g/mol. The van der Waals surface area contributed by atoms with Crippen LogP contribution in [0.15, 0.2) is 41.5 Å². The maximum Gasteiger partial charge on any atom is 0.129 e. The number of hydrogen-bond donors (Lipinski definition) is 0. The Morgan fingerprint density at radius 2 is 1.62 bits per heavy atom. The summed E-state index contributed by atoms with van der Waals surface area (Å²) in [6.07, 6.45) is 5.75. The highest BCUT2D eigenvalue weighted by Gasteiger charge is 2.09. The summed E-state index contributed by atoms with van der Waals surface area (Å²) < 4.78 is 0. The van der Waals surface area contributed by atoms with E-state index in [9.17, 15) is 0 Å². The van der Waals surface area contributed by atoms with Gasteiger partial charge in [-0.2, -0.15) is 0 Å². The van der Waals surface area contributed by atoms with E-state index >= 15 is 0 Å². The first-order valence-electron chi connectivity index (χ1n) is 8.24. The number of allylic oxidation sites excluding steroid dienone is 2. The Balaban J connectivity index is 2.74. The smallest absolute Gasteiger partial charge is 0.127 e. The third-order valence-electron chi connectivity index (χ3n) is 3.60. The molecular formula is C20H30Si. The second-order valence-electron chi connectivity index (χ2n) is 6.63. The fraction of sp³-hybridized carbons (Fsp3) is 0.500. The summed E-state index contributed by atoms with van der Waals surface area (Å²) in [4.78, 5) is 0. The average Bonchev–Trinajstić information content (AvgIpc) is 2.45. The van der Waals surface area contributed by atoms with Crippen molar-refractivity contribution in [3.63, 3.8) is 0 Å². The van der Waals surface area contributed by atoms with E-state index in [4.69, 9.17) is 0 Å². The first-order valence-corrected chi connectivity index (χ1v) is 11.7. The largest absolute Gasteiger partial charge is 0.129 e. The zero-order valence-corrected chi connectivity index (χ0v) is 15.4. The predicted octanol–water partition coefficient (Wildman–Crippen LogP) is 6.01. The molecule has 0 saturated heterocycles. The molecule has 21 heavy (non-hydrogen) atoms. The summed E-state index contributed by atoms with van der Waals surface area (Å²) in [6.45, 7) is 11.5. The van der Waals surface area contributed by atoms with Gasteiger partial charge in [0.1, 0.15) is 8.07 Å². The van der Waals surface area contributed by atoms with Crippen LogP contribution in [0.4, 0.5) is 0 Å². The van der Waals surface area contributed by atoms with E-state index in [1.165, 1.54) is 17.6 Å². The number of rotatable bonds is 6. The van der Waals surface area contributed by atoms with E-state index in [2.05, 4.69) is 75.3 Å². The summed E-state index contributed by atoms with van der Waals surface area (Å²) in [5.41, 5.74) is 7.95. The Hall–Kier alpha value is -1.26. The van der Waals surface area contributed by atoms with Gasteiger partial charge in [0.25, 0.3) is 0 Å². The van der Waals surface area contributed by atoms with Gasteiger partial charge in [-0.05, 0) is 37.7 Å². The van der Waals surface area contributed by atoms with Crippen molar-refractivity contribution in [3.8, 4) is 11.5 Å². The third kappa shape index (κ3) is 7.34. The molecule has 0 heterocycles. The molecule has 114 valence electrons. The molecule has 1 rings (SSSR count). The van der Waals surface area contributed by atoms with Crippen molar-refractivity contribution >= 4 is 8.07 Å². The second-order valence-corrected chi connectivity index (χ2v) is 11.4. The maximum absolute atomic E-state index is 3.55. The molecule has 1 heteroatoms. The fourth-order valence-corrected chi connectivity index (χ4v) is 2.91. The van der Waals surface area contributed by atoms with E-state index in [-0.39, 0.29) is 0 Å². The first kappa shape index (κ1) is 17.8. The molecule has 0 atom stereocenters.